The Morgan fingerprint density at radius 2 is 2.46 bits per heavy atom. The van der Waals surface area contributed by atoms with Crippen molar-refractivity contribution in [2.24, 2.45) is 0 Å². The van der Waals surface area contributed by atoms with Crippen molar-refractivity contribution in [1.82, 2.24) is 20.4 Å². The van der Waals surface area contributed by atoms with Gasteiger partial charge < -0.3 is 4.98 Å². The summed E-state index contributed by atoms with van der Waals surface area (Å²) in [6, 6.07) is 1.79. The molecule has 0 atom stereocenters. The first-order chi connectivity index (χ1) is 6.31. The standard InChI is InChI=1S/C7H6N4O2/c12-7(11-13)6-9-3-4-1-2-8-5(4)10-6/h1-3,13H,(H,11,12)(H,8,9,10). The highest BCUT2D eigenvalue weighted by atomic mass is 16.5. The maximum Gasteiger partial charge on any atom is 0.312 e. The van der Waals surface area contributed by atoms with E-state index in [1.165, 1.54) is 11.7 Å². The summed E-state index contributed by atoms with van der Waals surface area (Å²) < 4.78 is 0. The van der Waals surface area contributed by atoms with E-state index in [1.54, 1.807) is 12.3 Å². The van der Waals surface area contributed by atoms with E-state index >= 15 is 0 Å². The van der Waals surface area contributed by atoms with Gasteiger partial charge in [-0.2, -0.15) is 0 Å². The molecule has 0 aliphatic rings. The van der Waals surface area contributed by atoms with Gasteiger partial charge in [0.2, 0.25) is 5.82 Å². The van der Waals surface area contributed by atoms with Crippen molar-refractivity contribution >= 4 is 16.9 Å². The van der Waals surface area contributed by atoms with Crippen LogP contribution < -0.4 is 5.48 Å². The molecule has 6 nitrogen and oxygen atoms in total. The van der Waals surface area contributed by atoms with Crippen LogP contribution >= 0.6 is 0 Å². The predicted molar refractivity (Wildman–Crippen MR) is 43.1 cm³/mol. The van der Waals surface area contributed by atoms with E-state index in [9.17, 15) is 4.79 Å². The Morgan fingerprint density at radius 1 is 1.62 bits per heavy atom. The second-order valence-electron chi connectivity index (χ2n) is 2.42. The molecule has 0 saturated heterocycles. The molecule has 2 rings (SSSR count). The van der Waals surface area contributed by atoms with Crippen LogP contribution in [0.15, 0.2) is 18.5 Å². The minimum atomic E-state index is -0.725. The van der Waals surface area contributed by atoms with E-state index in [-0.39, 0.29) is 5.82 Å². The van der Waals surface area contributed by atoms with E-state index in [0.29, 0.717) is 5.65 Å². The lowest BCUT2D eigenvalue weighted by Crippen LogP contribution is -2.21. The van der Waals surface area contributed by atoms with Gasteiger partial charge in [-0.25, -0.2) is 15.4 Å². The van der Waals surface area contributed by atoms with Gasteiger partial charge in [-0.3, -0.25) is 10.0 Å². The van der Waals surface area contributed by atoms with Crippen molar-refractivity contribution in [3.05, 3.63) is 24.3 Å². The van der Waals surface area contributed by atoms with Crippen molar-refractivity contribution in [3.8, 4) is 0 Å². The van der Waals surface area contributed by atoms with Crippen LogP contribution in [-0.2, 0) is 0 Å². The molecule has 0 aliphatic heterocycles. The molecular weight excluding hydrogens is 172 g/mol. The smallest absolute Gasteiger partial charge is 0.312 e. The summed E-state index contributed by atoms with van der Waals surface area (Å²) in [6.07, 6.45) is 3.20. The Labute approximate surface area is 72.6 Å². The normalized spacial score (nSPS) is 10.2. The van der Waals surface area contributed by atoms with Gasteiger partial charge in [0.05, 0.1) is 0 Å². The Morgan fingerprint density at radius 3 is 3.23 bits per heavy atom. The molecule has 0 aromatic carbocycles. The Bertz CT molecular complexity index is 450. The minimum absolute atomic E-state index is 0.0718. The molecule has 2 aromatic heterocycles. The number of aromatic amines is 1. The molecule has 0 bridgehead atoms. The monoisotopic (exact) mass is 178 g/mol. The van der Waals surface area contributed by atoms with Crippen LogP contribution in [0.3, 0.4) is 0 Å². The number of fused-ring (bicyclic) bond motifs is 1. The van der Waals surface area contributed by atoms with Crippen LogP contribution in [0.4, 0.5) is 0 Å². The molecule has 0 unspecified atom stereocenters. The van der Waals surface area contributed by atoms with Crippen LogP contribution in [0.1, 0.15) is 10.6 Å². The van der Waals surface area contributed by atoms with Gasteiger partial charge in [-0.1, -0.05) is 0 Å². The van der Waals surface area contributed by atoms with E-state index in [2.05, 4.69) is 15.0 Å². The fourth-order valence-corrected chi connectivity index (χ4v) is 0.999. The van der Waals surface area contributed by atoms with Crippen LogP contribution in [0.2, 0.25) is 0 Å². The highest BCUT2D eigenvalue weighted by Crippen LogP contribution is 2.06. The first-order valence-electron chi connectivity index (χ1n) is 3.56. The molecule has 0 saturated carbocycles. The van der Waals surface area contributed by atoms with Crippen molar-refractivity contribution in [2.45, 2.75) is 0 Å². The lowest BCUT2D eigenvalue weighted by molar-refractivity contribution is 0.0695. The fourth-order valence-electron chi connectivity index (χ4n) is 0.999. The second-order valence-corrected chi connectivity index (χ2v) is 2.42. The lowest BCUT2D eigenvalue weighted by Gasteiger charge is -1.95. The number of hydroxylamine groups is 1. The first-order valence-corrected chi connectivity index (χ1v) is 3.56. The Hall–Kier alpha value is -1.95. The van der Waals surface area contributed by atoms with E-state index in [4.69, 9.17) is 5.21 Å². The average Bonchev–Trinajstić information content (AvgIpc) is 2.63. The number of hydrogen-bond donors (Lipinski definition) is 3. The van der Waals surface area contributed by atoms with Gasteiger partial charge in [0.15, 0.2) is 0 Å². The zero-order chi connectivity index (χ0) is 9.26. The molecule has 1 amide bonds. The van der Waals surface area contributed by atoms with Gasteiger partial charge in [-0.05, 0) is 6.07 Å². The Balaban J connectivity index is 2.54. The van der Waals surface area contributed by atoms with Gasteiger partial charge in [-0.15, -0.1) is 0 Å². The lowest BCUT2D eigenvalue weighted by atomic mass is 10.4. The largest absolute Gasteiger partial charge is 0.346 e. The number of H-pyrrole nitrogens is 1. The molecule has 0 radical (unpaired) electrons. The van der Waals surface area contributed by atoms with Crippen LogP contribution in [0, 0.1) is 0 Å². The number of nitrogens with zero attached hydrogens (tertiary/aromatic N) is 2. The summed E-state index contributed by atoms with van der Waals surface area (Å²) in [5.74, 6) is -0.797. The third-order valence-corrected chi connectivity index (χ3v) is 1.60. The predicted octanol–water partition coefficient (Wildman–Crippen LogP) is 0.0769. The van der Waals surface area contributed by atoms with Crippen LogP contribution in [0.5, 0.6) is 0 Å². The number of carbonyl (C=O) groups is 1. The van der Waals surface area contributed by atoms with Crippen molar-refractivity contribution in [1.29, 1.82) is 0 Å². The molecule has 3 N–H and O–H groups in total. The summed E-state index contributed by atoms with van der Waals surface area (Å²) in [4.78, 5) is 21.3. The van der Waals surface area contributed by atoms with Gasteiger partial charge >= 0.3 is 5.91 Å². The number of amides is 1. The number of hydrogen-bond acceptors (Lipinski definition) is 4. The maximum absolute atomic E-state index is 10.9. The highest BCUT2D eigenvalue weighted by molar-refractivity contribution is 5.91. The third kappa shape index (κ3) is 1.23. The van der Waals surface area contributed by atoms with Gasteiger partial charge in [0, 0.05) is 17.8 Å². The van der Waals surface area contributed by atoms with Gasteiger partial charge in [0.1, 0.15) is 5.65 Å². The fraction of sp³-hybridized carbons (Fsp3) is 0. The molecule has 66 valence electrons. The van der Waals surface area contributed by atoms with E-state index < -0.39 is 5.91 Å². The summed E-state index contributed by atoms with van der Waals surface area (Å²) in [5, 5.41) is 9.14. The molecule has 0 aliphatic carbocycles. The molecule has 2 aromatic rings. The van der Waals surface area contributed by atoms with Crippen molar-refractivity contribution in [3.63, 3.8) is 0 Å². The number of aromatic nitrogens is 3. The Kier molecular flexibility index (Phi) is 1.67. The summed E-state index contributed by atoms with van der Waals surface area (Å²) in [6.45, 7) is 0. The number of nitrogens with one attached hydrogen (secondary N) is 2. The third-order valence-electron chi connectivity index (χ3n) is 1.60. The zero-order valence-corrected chi connectivity index (χ0v) is 6.48. The van der Waals surface area contributed by atoms with Crippen LogP contribution in [0.25, 0.3) is 11.0 Å². The van der Waals surface area contributed by atoms with E-state index in [1.807, 2.05) is 0 Å². The SMILES string of the molecule is O=C(NO)c1ncc2cc[nH]c2n1. The summed E-state index contributed by atoms with van der Waals surface area (Å²) in [7, 11) is 0. The number of carbonyl (C=O) groups excluding carboxylic acids is 1. The molecule has 13 heavy (non-hydrogen) atoms. The van der Waals surface area contributed by atoms with E-state index in [0.717, 1.165) is 5.39 Å². The van der Waals surface area contributed by atoms with Gasteiger partial charge in [0.25, 0.3) is 0 Å². The molecule has 0 fully saturated rings. The molecule has 0 spiro atoms. The maximum atomic E-state index is 10.9. The summed E-state index contributed by atoms with van der Waals surface area (Å²) >= 11 is 0. The highest BCUT2D eigenvalue weighted by Gasteiger charge is 2.08. The minimum Gasteiger partial charge on any atom is -0.346 e. The number of rotatable bonds is 1. The van der Waals surface area contributed by atoms with Crippen molar-refractivity contribution in [2.75, 3.05) is 0 Å². The zero-order valence-electron chi connectivity index (χ0n) is 6.48. The average molecular weight is 178 g/mol. The second kappa shape index (κ2) is 2.83. The quantitative estimate of drug-likeness (QED) is 0.426. The molecule has 6 heteroatoms. The van der Waals surface area contributed by atoms with Crippen molar-refractivity contribution < 1.29 is 10.0 Å². The first kappa shape index (κ1) is 7.69. The van der Waals surface area contributed by atoms with Crippen LogP contribution in [-0.4, -0.2) is 26.1 Å². The topological polar surface area (TPSA) is 90.9 Å². The summed E-state index contributed by atoms with van der Waals surface area (Å²) in [5.41, 5.74) is 2.02. The molecular formula is C7H6N4O2. The molecule has 2 heterocycles.